The summed E-state index contributed by atoms with van der Waals surface area (Å²) in [5, 5.41) is 8.89. The zero-order valence-corrected chi connectivity index (χ0v) is 14.8. The van der Waals surface area contributed by atoms with Crippen molar-refractivity contribution in [1.29, 1.82) is 5.26 Å². The minimum Gasteiger partial charge on any atom is -0.367 e. The summed E-state index contributed by atoms with van der Waals surface area (Å²) in [6.07, 6.45) is -7.92. The van der Waals surface area contributed by atoms with Crippen molar-refractivity contribution in [2.75, 3.05) is 18.3 Å². The molecule has 8 heteroatoms. The number of nitrogens with zero attached hydrogens (tertiary/aromatic N) is 4. The Morgan fingerprint density at radius 3 is 3.11 bits per heavy atom. The van der Waals surface area contributed by atoms with Crippen LogP contribution in [0.4, 0.5) is 10.2 Å². The lowest BCUT2D eigenvalue weighted by Crippen LogP contribution is -2.38. The van der Waals surface area contributed by atoms with Crippen molar-refractivity contribution in [3.05, 3.63) is 51.8 Å². The summed E-state index contributed by atoms with van der Waals surface area (Å²) in [4.78, 5) is 7.11. The highest BCUT2D eigenvalue weighted by Crippen LogP contribution is 2.32. The van der Waals surface area contributed by atoms with Crippen LogP contribution < -0.4 is 5.31 Å². The number of aromatic nitrogens is 2. The summed E-state index contributed by atoms with van der Waals surface area (Å²) < 4.78 is 125. The first-order chi connectivity index (χ1) is 18.1. The average molecular weight is 415 g/mol. The number of hydrogen-bond donors (Lipinski definition) is 1. The van der Waals surface area contributed by atoms with Gasteiger partial charge in [-0.25, -0.2) is 14.4 Å². The van der Waals surface area contributed by atoms with E-state index in [1.165, 1.54) is 6.07 Å². The third-order valence-electron chi connectivity index (χ3n) is 3.36. The van der Waals surface area contributed by atoms with E-state index in [0.717, 1.165) is 17.4 Å². The highest BCUT2D eigenvalue weighted by atomic mass is 35.5. The van der Waals surface area contributed by atoms with Gasteiger partial charge < -0.3 is 5.31 Å². The van der Waals surface area contributed by atoms with Gasteiger partial charge in [0.2, 0.25) is 0 Å². The zero-order valence-electron chi connectivity index (χ0n) is 26.2. The van der Waals surface area contributed by atoms with Crippen LogP contribution in [0.15, 0.2) is 30.5 Å². The summed E-state index contributed by atoms with van der Waals surface area (Å²) in [5.41, 5.74) is -1.32. The van der Waals surface area contributed by atoms with Crippen LogP contribution in [0, 0.1) is 17.1 Å². The van der Waals surface area contributed by atoms with E-state index in [1.54, 1.807) is 0 Å². The minimum absolute atomic E-state index is 0.0252. The zero-order chi connectivity index (χ0) is 30.4. The van der Waals surface area contributed by atoms with Gasteiger partial charge in [0, 0.05) is 39.2 Å². The quantitative estimate of drug-likeness (QED) is 0.684. The number of likely N-dealkylation sites (tertiary alicyclic amines) is 1. The van der Waals surface area contributed by atoms with E-state index in [2.05, 4.69) is 9.97 Å². The summed E-state index contributed by atoms with van der Waals surface area (Å²) >= 11 is 6.72. The molecule has 138 valence electrons. The van der Waals surface area contributed by atoms with Crippen LogP contribution in [0.1, 0.15) is 40.3 Å². The average Bonchev–Trinajstić information content (AvgIpc) is 3.09. The lowest BCUT2D eigenvalue weighted by molar-refractivity contribution is 0.211. The Bertz CT molecular complexity index is 1530. The number of nitriles is 1. The summed E-state index contributed by atoms with van der Waals surface area (Å²) in [6.45, 7) is -10.8. The minimum atomic E-state index is -3.72. The van der Waals surface area contributed by atoms with Crippen LogP contribution in [0.3, 0.4) is 0 Å². The number of benzene rings is 1. The molecule has 4 rings (SSSR count). The molecule has 0 aliphatic carbocycles. The van der Waals surface area contributed by atoms with Gasteiger partial charge in [-0.3, -0.25) is 4.90 Å². The van der Waals surface area contributed by atoms with Crippen LogP contribution in [0.5, 0.6) is 0 Å². The SMILES string of the molecule is [2H]c1nc(N([2H])C2C([2H])([2H])C([2H])([2H])N(C([2H])([2H])c3ccc(F)c(C#N)c3)C([2H])([2H])C2([2H])[2H])c2c([2H])c(Cl)sc2n1. The number of hydrogen-bond acceptors (Lipinski definition) is 6. The molecule has 3 aromatic rings. The van der Waals surface area contributed by atoms with Crippen molar-refractivity contribution >= 4 is 39.0 Å². The fraction of sp³-hybridized carbons (Fsp3) is 0.316. The van der Waals surface area contributed by atoms with E-state index in [9.17, 15) is 4.39 Å². The third-order valence-corrected chi connectivity index (χ3v) is 4.46. The van der Waals surface area contributed by atoms with Gasteiger partial charge in [0.05, 0.1) is 16.7 Å². The number of nitrogens with one attached hydrogen (secondary N) is 1. The first kappa shape index (κ1) is 8.39. The molecule has 1 aliphatic heterocycles. The van der Waals surface area contributed by atoms with E-state index in [0.29, 0.717) is 12.1 Å². The van der Waals surface area contributed by atoms with Crippen LogP contribution in [0.2, 0.25) is 5.75 Å². The van der Waals surface area contributed by atoms with Gasteiger partial charge in [0.25, 0.3) is 0 Å². The molecule has 0 bridgehead atoms. The van der Waals surface area contributed by atoms with Gasteiger partial charge in [0.15, 0.2) is 1.41 Å². The fourth-order valence-electron chi connectivity index (χ4n) is 2.18. The Morgan fingerprint density at radius 1 is 1.52 bits per heavy atom. The maximum absolute atomic E-state index is 13.9. The number of fused-ring (bicyclic) bond motifs is 1. The van der Waals surface area contributed by atoms with Crippen molar-refractivity contribution in [3.8, 4) is 6.07 Å². The van der Waals surface area contributed by atoms with Gasteiger partial charge in [-0.1, -0.05) is 17.7 Å². The molecule has 0 spiro atoms. The van der Waals surface area contributed by atoms with Crippen molar-refractivity contribution in [3.63, 3.8) is 0 Å². The molecule has 0 saturated carbocycles. The molecule has 0 radical (unpaired) electrons. The number of thiophene rings is 1. The molecule has 1 saturated heterocycles. The number of halogens is 2. The van der Waals surface area contributed by atoms with E-state index >= 15 is 0 Å². The predicted octanol–water partition coefficient (Wildman–Crippen LogP) is 4.43. The Kier molecular flexibility index (Phi) is 2.41. The third kappa shape index (κ3) is 4.03. The molecule has 27 heavy (non-hydrogen) atoms. The standard InChI is InChI=1S/C19H17ClFN5S/c20-17-8-15-18(23-11-24-19(15)27-17)25-14-3-5-26(6-4-14)10-12-1-2-16(21)13(7-12)9-22/h1-2,7-8,11,14H,3-6,10H2,(H,23,24,25)/i3D2,4D2,5D2,6D2,8D,10D2,11D/hD. The molecule has 0 amide bonds. The van der Waals surface area contributed by atoms with Crippen molar-refractivity contribution in [1.82, 2.24) is 14.9 Å². The summed E-state index contributed by atoms with van der Waals surface area (Å²) in [6, 6.07) is 0.509. The highest BCUT2D eigenvalue weighted by Gasteiger charge is 2.21. The molecule has 5 nitrogen and oxygen atoms in total. The maximum Gasteiger partial charge on any atom is 0.162 e. The first-order valence-electron chi connectivity index (χ1n) is 13.8. The van der Waals surface area contributed by atoms with Gasteiger partial charge in [-0.15, -0.1) is 11.3 Å². The topological polar surface area (TPSA) is 64.8 Å². The molecule has 2 aromatic heterocycles. The highest BCUT2D eigenvalue weighted by molar-refractivity contribution is 7.22. The Morgan fingerprint density at radius 2 is 2.33 bits per heavy atom. The molecular formula is C19H17ClFN5S. The maximum atomic E-state index is 13.9. The van der Waals surface area contributed by atoms with E-state index in [4.69, 9.17) is 34.7 Å². The van der Waals surface area contributed by atoms with Crippen LogP contribution in [-0.2, 0) is 6.50 Å². The van der Waals surface area contributed by atoms with Gasteiger partial charge in [-0.05, 0) is 36.5 Å². The smallest absolute Gasteiger partial charge is 0.162 e. The summed E-state index contributed by atoms with van der Waals surface area (Å²) in [7, 11) is 0. The second-order valence-corrected chi connectivity index (χ2v) is 6.73. The van der Waals surface area contributed by atoms with Crippen molar-refractivity contribution in [2.45, 2.75) is 25.3 Å². The molecule has 3 heterocycles. The molecule has 0 atom stereocenters. The Balaban J connectivity index is 1.95. The number of anilines is 1. The van der Waals surface area contributed by atoms with Crippen LogP contribution >= 0.6 is 22.9 Å². The van der Waals surface area contributed by atoms with Crippen LogP contribution in [0.25, 0.3) is 10.2 Å². The molecular weight excluding hydrogens is 385 g/mol. The molecule has 1 N–H and O–H groups in total. The lowest BCUT2D eigenvalue weighted by Gasteiger charge is -2.32. The van der Waals surface area contributed by atoms with Gasteiger partial charge in [0.1, 0.15) is 30.2 Å². The fourth-order valence-corrected chi connectivity index (χ4v) is 3.15. The monoisotopic (exact) mass is 414 g/mol. The van der Waals surface area contributed by atoms with Gasteiger partial charge >= 0.3 is 0 Å². The van der Waals surface area contributed by atoms with E-state index in [-0.39, 0.29) is 24.8 Å². The van der Waals surface area contributed by atoms with Gasteiger partial charge in [-0.2, -0.15) is 5.26 Å². The number of piperidine rings is 1. The largest absolute Gasteiger partial charge is 0.367 e. The van der Waals surface area contributed by atoms with E-state index < -0.39 is 73.4 Å². The first-order valence-corrected chi connectivity index (χ1v) is 8.57. The number of rotatable bonds is 4. The molecule has 1 aromatic carbocycles. The van der Waals surface area contributed by atoms with Crippen molar-refractivity contribution < 1.29 is 22.3 Å². The summed E-state index contributed by atoms with van der Waals surface area (Å²) in [5.74, 6) is -1.75. The second-order valence-electron chi connectivity index (χ2n) is 5.13. The van der Waals surface area contributed by atoms with E-state index in [1.807, 2.05) is 0 Å². The van der Waals surface area contributed by atoms with Crippen molar-refractivity contribution in [2.24, 2.45) is 0 Å². The lowest BCUT2D eigenvalue weighted by atomic mass is 10.0. The van der Waals surface area contributed by atoms with Crippen LogP contribution in [-0.4, -0.2) is 33.9 Å². The Labute approximate surface area is 183 Å². The molecule has 1 aliphatic rings. The Hall–Kier alpha value is -2.27. The normalized spacial score (nSPS) is 30.8. The molecule has 0 unspecified atom stereocenters. The predicted molar refractivity (Wildman–Crippen MR) is 105 cm³/mol. The molecule has 1 fully saturated rings. The second kappa shape index (κ2) is 7.77.